The second-order valence-corrected chi connectivity index (χ2v) is 7.38. The third-order valence-electron chi connectivity index (χ3n) is 4.67. The van der Waals surface area contributed by atoms with Crippen molar-refractivity contribution in [1.82, 2.24) is 5.06 Å². The second kappa shape index (κ2) is 21.9. The van der Waals surface area contributed by atoms with Crippen molar-refractivity contribution in [2.45, 2.75) is 97.8 Å². The Morgan fingerprint density at radius 1 is 0.714 bits per heavy atom. The molecule has 0 aliphatic heterocycles. The third-order valence-corrected chi connectivity index (χ3v) is 4.67. The van der Waals surface area contributed by atoms with Gasteiger partial charge in [-0.2, -0.15) is 5.06 Å². The van der Waals surface area contributed by atoms with Gasteiger partial charge in [-0.05, 0) is 19.3 Å². The summed E-state index contributed by atoms with van der Waals surface area (Å²) in [5, 5.41) is 10.4. The van der Waals surface area contributed by atoms with Gasteiger partial charge in [-0.3, -0.25) is 4.84 Å². The maximum absolute atomic E-state index is 8.16. The minimum absolute atomic E-state index is 0.590. The van der Waals surface area contributed by atoms with Gasteiger partial charge in [0.1, 0.15) is 0 Å². The Bertz CT molecular complexity index is 447. The van der Waals surface area contributed by atoms with Gasteiger partial charge in [-0.15, -0.1) is 0 Å². The van der Waals surface area contributed by atoms with Crippen LogP contribution in [0.5, 0.6) is 0 Å². The monoisotopic (exact) mass is 390 g/mol. The first-order valence-corrected chi connectivity index (χ1v) is 11.6. The van der Waals surface area contributed by atoms with Crippen LogP contribution in [0, 0.1) is 5.39 Å². The summed E-state index contributed by atoms with van der Waals surface area (Å²) in [5.74, 6) is 0. The van der Waals surface area contributed by atoms with Crippen molar-refractivity contribution >= 4 is 5.69 Å². The molecule has 0 saturated heterocycles. The molecule has 1 aromatic rings. The molecule has 0 heterocycles. The maximum Gasteiger partial charge on any atom is 0.385 e. The third kappa shape index (κ3) is 17.9. The van der Waals surface area contributed by atoms with Crippen LogP contribution >= 0.6 is 0 Å². The highest BCUT2D eigenvalue weighted by molar-refractivity contribution is 5.42. The van der Waals surface area contributed by atoms with Crippen LogP contribution in [-0.2, 0) is 4.84 Å². The molecule has 0 amide bonds. The number of hydrogen-bond acceptors (Lipinski definition) is 3. The molecule has 0 bridgehead atoms. The van der Waals surface area contributed by atoms with E-state index >= 15 is 0 Å². The van der Waals surface area contributed by atoms with Gasteiger partial charge in [0.2, 0.25) is 5.39 Å². The normalized spacial score (nSPS) is 10.4. The molecule has 0 aromatic heterocycles. The Labute approximate surface area is 174 Å². The van der Waals surface area contributed by atoms with Crippen LogP contribution in [-0.4, -0.2) is 24.8 Å². The Morgan fingerprint density at radius 2 is 1.21 bits per heavy atom. The van der Waals surface area contributed by atoms with Crippen molar-refractivity contribution < 1.29 is 4.84 Å². The van der Waals surface area contributed by atoms with Crippen LogP contribution in [0.1, 0.15) is 97.8 Å². The molecule has 0 spiro atoms. The quantitative estimate of drug-likeness (QED) is 0.162. The molecule has 160 valence electrons. The summed E-state index contributed by atoms with van der Waals surface area (Å²) in [5.41, 5.74) is 0.590. The highest BCUT2D eigenvalue weighted by atomic mass is 16.7. The molecule has 1 rings (SSSR count). The molecular formula is C24H44N3O+. The largest absolute Gasteiger partial charge is 0.385 e. The highest BCUT2D eigenvalue weighted by Gasteiger charge is 2.05. The van der Waals surface area contributed by atoms with Crippen LogP contribution in [0.25, 0.3) is 4.98 Å². The summed E-state index contributed by atoms with van der Waals surface area (Å²) < 4.78 is 0. The summed E-state index contributed by atoms with van der Waals surface area (Å²) in [6.45, 7) is 9.97. The Hall–Kier alpha value is -1.44. The Balaban J connectivity index is 0.000000749. The maximum atomic E-state index is 8.16. The number of nitrogens with zero attached hydrogens (tertiary/aromatic N) is 3. The first-order chi connectivity index (χ1) is 13.8. The SMILES string of the molecule is CCCCCCON(CCCCCC)CCCCCC.N#[N+]c1ccccc1. The minimum atomic E-state index is 0.590. The molecule has 0 N–H and O–H groups in total. The van der Waals surface area contributed by atoms with Crippen molar-refractivity contribution in [2.24, 2.45) is 0 Å². The van der Waals surface area contributed by atoms with Gasteiger partial charge >= 0.3 is 5.69 Å². The summed E-state index contributed by atoms with van der Waals surface area (Å²) in [7, 11) is 0. The predicted octanol–water partition coefficient (Wildman–Crippen LogP) is 8.13. The van der Waals surface area contributed by atoms with E-state index in [1.807, 2.05) is 18.2 Å². The molecular weight excluding hydrogens is 346 g/mol. The average Bonchev–Trinajstić information content (AvgIpc) is 2.74. The lowest BCUT2D eigenvalue weighted by Crippen LogP contribution is -2.27. The van der Waals surface area contributed by atoms with Crippen LogP contribution in [0.15, 0.2) is 30.3 Å². The second-order valence-electron chi connectivity index (χ2n) is 7.38. The van der Waals surface area contributed by atoms with E-state index in [4.69, 9.17) is 10.2 Å². The molecule has 0 aliphatic carbocycles. The standard InChI is InChI=1S/C18H39NO.C6H5N2/c1-4-7-10-13-16-19(17-14-11-8-5-2)20-18-15-12-9-6-3;7-8-6-4-2-1-3-5-6/h4-18H2,1-3H3;1-5H/q;+1. The van der Waals surface area contributed by atoms with E-state index < -0.39 is 0 Å². The van der Waals surface area contributed by atoms with Gasteiger partial charge in [0.25, 0.3) is 0 Å². The summed E-state index contributed by atoms with van der Waals surface area (Å²) in [6.07, 6.45) is 15.8. The molecule has 4 nitrogen and oxygen atoms in total. The number of hydroxylamine groups is 2. The van der Waals surface area contributed by atoms with Crippen molar-refractivity contribution in [3.05, 3.63) is 35.3 Å². The van der Waals surface area contributed by atoms with Crippen LogP contribution < -0.4 is 0 Å². The van der Waals surface area contributed by atoms with Gasteiger partial charge in [0, 0.05) is 25.2 Å². The zero-order valence-electron chi connectivity index (χ0n) is 18.7. The van der Waals surface area contributed by atoms with Crippen molar-refractivity contribution in [2.75, 3.05) is 19.7 Å². The number of rotatable bonds is 16. The smallest absolute Gasteiger partial charge is 0.299 e. The molecule has 0 radical (unpaired) electrons. The fourth-order valence-corrected chi connectivity index (χ4v) is 2.89. The van der Waals surface area contributed by atoms with E-state index in [9.17, 15) is 0 Å². The fraction of sp³-hybridized carbons (Fsp3) is 0.750. The Kier molecular flexibility index (Phi) is 20.7. The highest BCUT2D eigenvalue weighted by Crippen LogP contribution is 2.08. The molecule has 0 saturated carbocycles. The number of benzene rings is 1. The molecule has 28 heavy (non-hydrogen) atoms. The fourth-order valence-electron chi connectivity index (χ4n) is 2.89. The summed E-state index contributed by atoms with van der Waals surface area (Å²) >= 11 is 0. The zero-order valence-corrected chi connectivity index (χ0v) is 18.7. The lowest BCUT2D eigenvalue weighted by atomic mass is 10.2. The van der Waals surface area contributed by atoms with Gasteiger partial charge in [-0.1, -0.05) is 96.8 Å². The Morgan fingerprint density at radius 3 is 1.64 bits per heavy atom. The van der Waals surface area contributed by atoms with Gasteiger partial charge < -0.3 is 0 Å². The number of unbranched alkanes of at least 4 members (excludes halogenated alkanes) is 9. The van der Waals surface area contributed by atoms with Crippen molar-refractivity contribution in [1.29, 1.82) is 5.39 Å². The summed E-state index contributed by atoms with van der Waals surface area (Å²) in [6, 6.07) is 8.94. The van der Waals surface area contributed by atoms with Crippen LogP contribution in [0.4, 0.5) is 5.69 Å². The number of diazo groups is 1. The molecule has 1 aromatic carbocycles. The van der Waals surface area contributed by atoms with E-state index in [1.54, 1.807) is 12.1 Å². The van der Waals surface area contributed by atoms with Crippen molar-refractivity contribution in [3.63, 3.8) is 0 Å². The molecule has 4 heteroatoms. The lowest BCUT2D eigenvalue weighted by molar-refractivity contribution is -0.161. The van der Waals surface area contributed by atoms with Crippen molar-refractivity contribution in [3.8, 4) is 0 Å². The van der Waals surface area contributed by atoms with Gasteiger partial charge in [0.15, 0.2) is 4.98 Å². The molecule has 0 aliphatic rings. The first kappa shape index (κ1) is 26.6. The van der Waals surface area contributed by atoms with E-state index in [2.05, 4.69) is 30.8 Å². The topological polar surface area (TPSA) is 40.6 Å². The molecule has 0 fully saturated rings. The first-order valence-electron chi connectivity index (χ1n) is 11.6. The zero-order chi connectivity index (χ0) is 20.7. The predicted molar refractivity (Wildman–Crippen MR) is 121 cm³/mol. The number of hydrogen-bond donors (Lipinski definition) is 0. The van der Waals surface area contributed by atoms with E-state index in [0.29, 0.717) is 5.69 Å². The van der Waals surface area contributed by atoms with Crippen LogP contribution in [0.2, 0.25) is 0 Å². The lowest BCUT2D eigenvalue weighted by Gasteiger charge is -2.22. The van der Waals surface area contributed by atoms with Gasteiger partial charge in [0.05, 0.1) is 6.61 Å². The molecule has 0 unspecified atom stereocenters. The van der Waals surface area contributed by atoms with Crippen LogP contribution in [0.3, 0.4) is 0 Å². The average molecular weight is 391 g/mol. The van der Waals surface area contributed by atoms with E-state index in [-0.39, 0.29) is 0 Å². The molecule has 0 atom stereocenters. The minimum Gasteiger partial charge on any atom is -0.299 e. The summed E-state index contributed by atoms with van der Waals surface area (Å²) in [4.78, 5) is 8.95. The van der Waals surface area contributed by atoms with E-state index in [1.165, 1.54) is 77.0 Å². The van der Waals surface area contributed by atoms with Gasteiger partial charge in [-0.25, -0.2) is 0 Å². The van der Waals surface area contributed by atoms with E-state index in [0.717, 1.165) is 19.7 Å².